The molecule has 0 fully saturated rings. The van der Waals surface area contributed by atoms with Crippen LogP contribution in [0.4, 0.5) is 5.69 Å². The van der Waals surface area contributed by atoms with Crippen LogP contribution in [-0.4, -0.2) is 22.1 Å². The summed E-state index contributed by atoms with van der Waals surface area (Å²) in [7, 11) is -1.75. The van der Waals surface area contributed by atoms with Crippen LogP contribution in [0.2, 0.25) is 0 Å². The summed E-state index contributed by atoms with van der Waals surface area (Å²) in [5.41, 5.74) is 5.69. The Kier molecular flexibility index (Phi) is 4.28. The largest absolute Gasteiger partial charge is 0.321 e. The Morgan fingerprint density at radius 1 is 1.08 bits per heavy atom. The molecule has 0 saturated carbocycles. The SMILES string of the molecule is CNS(=N)(=O)c1ccccc1C(=O)Nc1c2c(nc3c1CCC3)CCC2. The zero-order valence-electron chi connectivity index (χ0n) is 14.7. The van der Waals surface area contributed by atoms with Crippen LogP contribution < -0.4 is 10.0 Å². The van der Waals surface area contributed by atoms with E-state index < -0.39 is 9.92 Å². The molecule has 4 rings (SSSR count). The van der Waals surface area contributed by atoms with Gasteiger partial charge < -0.3 is 5.32 Å². The van der Waals surface area contributed by atoms with Crippen LogP contribution in [0.25, 0.3) is 0 Å². The Hall–Kier alpha value is -2.25. The number of pyridine rings is 1. The number of aromatic nitrogens is 1. The van der Waals surface area contributed by atoms with Gasteiger partial charge in [-0.2, -0.15) is 0 Å². The fraction of sp³-hybridized carbons (Fsp3) is 0.368. The zero-order chi connectivity index (χ0) is 18.3. The van der Waals surface area contributed by atoms with E-state index in [4.69, 9.17) is 9.76 Å². The Balaban J connectivity index is 1.76. The number of carbonyl (C=O) groups excluding carboxylic acids is 1. The van der Waals surface area contributed by atoms with Crippen molar-refractivity contribution in [2.45, 2.75) is 43.4 Å². The van der Waals surface area contributed by atoms with Crippen LogP contribution >= 0.6 is 0 Å². The fourth-order valence-electron chi connectivity index (χ4n) is 3.93. The molecule has 3 N–H and O–H groups in total. The van der Waals surface area contributed by atoms with Crippen molar-refractivity contribution in [3.05, 3.63) is 52.3 Å². The lowest BCUT2D eigenvalue weighted by molar-refractivity contribution is 0.102. The van der Waals surface area contributed by atoms with Crippen molar-refractivity contribution in [3.63, 3.8) is 0 Å². The predicted octanol–water partition coefficient (Wildman–Crippen LogP) is 2.85. The molecule has 1 unspecified atom stereocenters. The average molecular weight is 370 g/mol. The Morgan fingerprint density at radius 3 is 2.31 bits per heavy atom. The van der Waals surface area contributed by atoms with E-state index >= 15 is 0 Å². The van der Waals surface area contributed by atoms with Gasteiger partial charge in [0.05, 0.1) is 16.1 Å². The van der Waals surface area contributed by atoms with E-state index in [0.717, 1.165) is 66.7 Å². The predicted molar refractivity (Wildman–Crippen MR) is 101 cm³/mol. The van der Waals surface area contributed by atoms with Crippen molar-refractivity contribution in [1.29, 1.82) is 4.78 Å². The van der Waals surface area contributed by atoms with Crippen LogP contribution in [0, 0.1) is 4.78 Å². The van der Waals surface area contributed by atoms with Gasteiger partial charge in [0.2, 0.25) is 0 Å². The minimum absolute atomic E-state index is 0.211. The summed E-state index contributed by atoms with van der Waals surface area (Å²) < 4.78 is 23.0. The molecule has 26 heavy (non-hydrogen) atoms. The number of aryl methyl sites for hydroxylation is 2. The summed E-state index contributed by atoms with van der Waals surface area (Å²) in [4.78, 5) is 18.0. The highest BCUT2D eigenvalue weighted by molar-refractivity contribution is 7.90. The van der Waals surface area contributed by atoms with Crippen molar-refractivity contribution >= 4 is 21.5 Å². The minimum atomic E-state index is -3.21. The molecule has 2 aromatic rings. The van der Waals surface area contributed by atoms with Crippen LogP contribution in [0.1, 0.15) is 45.7 Å². The van der Waals surface area contributed by atoms with E-state index in [2.05, 4.69) is 10.0 Å². The maximum Gasteiger partial charge on any atom is 0.256 e. The molecule has 0 spiro atoms. The van der Waals surface area contributed by atoms with Crippen molar-refractivity contribution in [1.82, 2.24) is 9.71 Å². The van der Waals surface area contributed by atoms with Crippen molar-refractivity contribution < 1.29 is 9.00 Å². The molecule has 1 atom stereocenters. The maximum absolute atomic E-state index is 13.0. The number of amides is 1. The third kappa shape index (κ3) is 2.81. The highest BCUT2D eigenvalue weighted by Crippen LogP contribution is 2.37. The van der Waals surface area contributed by atoms with Gasteiger partial charge in [-0.15, -0.1) is 0 Å². The van der Waals surface area contributed by atoms with E-state index in [1.165, 1.54) is 7.05 Å². The summed E-state index contributed by atoms with van der Waals surface area (Å²) in [5.74, 6) is -0.315. The highest BCUT2D eigenvalue weighted by atomic mass is 32.2. The van der Waals surface area contributed by atoms with Gasteiger partial charge in [-0.3, -0.25) is 9.78 Å². The van der Waals surface area contributed by atoms with Gasteiger partial charge >= 0.3 is 0 Å². The van der Waals surface area contributed by atoms with Crippen molar-refractivity contribution in [3.8, 4) is 0 Å². The molecule has 0 aliphatic heterocycles. The number of nitrogens with one attached hydrogen (secondary N) is 3. The Morgan fingerprint density at radius 2 is 1.69 bits per heavy atom. The van der Waals surface area contributed by atoms with Crippen LogP contribution in [0.3, 0.4) is 0 Å². The lowest BCUT2D eigenvalue weighted by atomic mass is 10.1. The first-order valence-corrected chi connectivity index (χ1v) is 10.5. The van der Waals surface area contributed by atoms with E-state index in [0.29, 0.717) is 0 Å². The number of carbonyl (C=O) groups is 1. The number of rotatable bonds is 4. The Labute approximate surface area is 153 Å². The average Bonchev–Trinajstić information content (AvgIpc) is 3.30. The number of fused-ring (bicyclic) bond motifs is 2. The first kappa shape index (κ1) is 17.2. The van der Waals surface area contributed by atoms with Gasteiger partial charge in [-0.05, 0) is 68.8 Å². The molecule has 0 saturated heterocycles. The molecule has 1 aromatic heterocycles. The molecule has 0 bridgehead atoms. The Bertz CT molecular complexity index is 967. The molecule has 6 nitrogen and oxygen atoms in total. The third-order valence-electron chi connectivity index (χ3n) is 5.22. The lowest BCUT2D eigenvalue weighted by Gasteiger charge is -2.17. The number of hydrogen-bond acceptors (Lipinski definition) is 4. The van der Waals surface area contributed by atoms with E-state index in [9.17, 15) is 9.00 Å². The fourth-order valence-corrected chi connectivity index (χ4v) is 4.89. The van der Waals surface area contributed by atoms with Gasteiger partial charge in [0, 0.05) is 11.4 Å². The summed E-state index contributed by atoms with van der Waals surface area (Å²) in [6, 6.07) is 6.62. The van der Waals surface area contributed by atoms with E-state index in [-0.39, 0.29) is 16.4 Å². The van der Waals surface area contributed by atoms with Crippen LogP contribution in [0.5, 0.6) is 0 Å². The zero-order valence-corrected chi connectivity index (χ0v) is 15.5. The van der Waals surface area contributed by atoms with E-state index in [1.54, 1.807) is 24.3 Å². The summed E-state index contributed by atoms with van der Waals surface area (Å²) in [6.07, 6.45) is 5.90. The molecule has 2 aliphatic rings. The standard InChI is InChI=1S/C19H22N4O2S/c1-21-26(20,25)17-11-3-2-6-14(17)19(24)23-18-12-7-4-9-15(12)22-16-10-5-8-13(16)18/h2-3,6,11H,4-5,7-10H2,1H3,(H2,20,21,25)(H,22,23,24). The van der Waals surface area contributed by atoms with Gasteiger partial charge in [0.15, 0.2) is 0 Å². The first-order chi connectivity index (χ1) is 12.5. The first-order valence-electron chi connectivity index (χ1n) is 8.92. The maximum atomic E-state index is 13.0. The number of nitrogens with zero attached hydrogens (tertiary/aromatic N) is 1. The second-order valence-corrected chi connectivity index (χ2v) is 8.72. The summed E-state index contributed by atoms with van der Waals surface area (Å²) >= 11 is 0. The summed E-state index contributed by atoms with van der Waals surface area (Å²) in [6.45, 7) is 0. The molecule has 2 aliphatic carbocycles. The van der Waals surface area contributed by atoms with E-state index in [1.807, 2.05) is 0 Å². The molecular formula is C19H22N4O2S. The molecule has 1 aromatic carbocycles. The van der Waals surface area contributed by atoms with Crippen molar-refractivity contribution in [2.75, 3.05) is 12.4 Å². The second-order valence-electron chi connectivity index (χ2n) is 6.75. The lowest BCUT2D eigenvalue weighted by Crippen LogP contribution is -2.23. The van der Waals surface area contributed by atoms with Crippen molar-refractivity contribution in [2.24, 2.45) is 0 Å². The molecule has 1 heterocycles. The van der Waals surface area contributed by atoms with Gasteiger partial charge in [-0.25, -0.2) is 13.7 Å². The number of hydrogen-bond donors (Lipinski definition) is 3. The smallest absolute Gasteiger partial charge is 0.256 e. The quantitative estimate of drug-likeness (QED) is 0.772. The van der Waals surface area contributed by atoms with Gasteiger partial charge in [-0.1, -0.05) is 12.1 Å². The molecule has 7 heteroatoms. The normalized spacial score (nSPS) is 17.4. The monoisotopic (exact) mass is 370 g/mol. The topological polar surface area (TPSA) is 94.9 Å². The van der Waals surface area contributed by atoms with Crippen LogP contribution in [0.15, 0.2) is 29.2 Å². The number of anilines is 1. The minimum Gasteiger partial charge on any atom is -0.321 e. The second kappa shape index (κ2) is 6.48. The summed E-state index contributed by atoms with van der Waals surface area (Å²) in [5, 5.41) is 3.08. The highest BCUT2D eigenvalue weighted by Gasteiger charge is 2.27. The van der Waals surface area contributed by atoms with Gasteiger partial charge in [0.1, 0.15) is 9.92 Å². The molecule has 0 radical (unpaired) electrons. The van der Waals surface area contributed by atoms with Crippen LogP contribution in [-0.2, 0) is 35.6 Å². The molecule has 1 amide bonds. The van der Waals surface area contributed by atoms with Gasteiger partial charge in [0.25, 0.3) is 5.91 Å². The third-order valence-corrected chi connectivity index (χ3v) is 6.77. The molecule has 136 valence electrons. The number of benzene rings is 1. The molecular weight excluding hydrogens is 348 g/mol.